The second kappa shape index (κ2) is 3.90. The number of hydrogen-bond donors (Lipinski definition) is 2. The smallest absolute Gasteiger partial charge is 0.262 e. The number of carbonyl (C=O) groups is 1. The summed E-state index contributed by atoms with van der Waals surface area (Å²) in [6, 6.07) is 5.78. The third-order valence-electron chi connectivity index (χ3n) is 2.28. The minimum atomic E-state index is -0.111. The van der Waals surface area contributed by atoms with E-state index in [4.69, 9.17) is 10.5 Å². The number of carbonyl (C=O) groups excluding carboxylic acids is 1. The van der Waals surface area contributed by atoms with E-state index in [0.717, 1.165) is 23.4 Å². The summed E-state index contributed by atoms with van der Waals surface area (Å²) in [6.45, 7) is 2.03. The highest BCUT2D eigenvalue weighted by Crippen LogP contribution is 2.31. The van der Waals surface area contributed by atoms with Gasteiger partial charge in [-0.1, -0.05) is 12.1 Å². The lowest BCUT2D eigenvalue weighted by atomic mass is 10.0. The van der Waals surface area contributed by atoms with Crippen molar-refractivity contribution in [1.29, 1.82) is 0 Å². The van der Waals surface area contributed by atoms with Crippen LogP contribution >= 0.6 is 0 Å². The lowest BCUT2D eigenvalue weighted by Gasteiger charge is -2.21. The summed E-state index contributed by atoms with van der Waals surface area (Å²) in [6.07, 6.45) is 0.729. The van der Waals surface area contributed by atoms with E-state index in [2.05, 4.69) is 5.32 Å². The fourth-order valence-electron chi connectivity index (χ4n) is 1.67. The molecule has 1 heterocycles. The number of para-hydroxylation sites is 1. The largest absolute Gasteiger partial charge is 0.482 e. The molecule has 0 radical (unpaired) electrons. The molecule has 4 heteroatoms. The van der Waals surface area contributed by atoms with E-state index in [1.807, 2.05) is 25.1 Å². The summed E-state index contributed by atoms with van der Waals surface area (Å²) in [5, 5.41) is 2.81. The number of benzene rings is 1. The second-order valence-corrected chi connectivity index (χ2v) is 3.81. The molecule has 15 heavy (non-hydrogen) atoms. The first-order chi connectivity index (χ1) is 7.16. The molecule has 2 rings (SSSR count). The van der Waals surface area contributed by atoms with Crippen LogP contribution in [-0.2, 0) is 11.2 Å². The van der Waals surface area contributed by atoms with Crippen molar-refractivity contribution in [3.63, 3.8) is 0 Å². The molecule has 1 aliphatic heterocycles. The number of rotatable bonds is 2. The van der Waals surface area contributed by atoms with E-state index in [0.29, 0.717) is 0 Å². The molecule has 1 amide bonds. The molecule has 3 N–H and O–H groups in total. The third-order valence-corrected chi connectivity index (χ3v) is 2.28. The van der Waals surface area contributed by atoms with Crippen LogP contribution in [0.3, 0.4) is 0 Å². The highest BCUT2D eigenvalue weighted by molar-refractivity contribution is 5.96. The minimum absolute atomic E-state index is 0.0651. The van der Waals surface area contributed by atoms with Gasteiger partial charge in [-0.2, -0.15) is 0 Å². The minimum Gasteiger partial charge on any atom is -0.482 e. The van der Waals surface area contributed by atoms with Crippen molar-refractivity contribution in [2.24, 2.45) is 5.73 Å². The Labute approximate surface area is 88.4 Å². The van der Waals surface area contributed by atoms with Crippen LogP contribution in [0.4, 0.5) is 5.69 Å². The SMILES string of the molecule is CC(N)Cc1cccc2c1NC(=O)CO2. The maximum absolute atomic E-state index is 11.2. The number of hydrogen-bond acceptors (Lipinski definition) is 3. The van der Waals surface area contributed by atoms with Crippen LogP contribution < -0.4 is 15.8 Å². The molecule has 0 saturated carbocycles. The Kier molecular flexibility index (Phi) is 2.60. The molecule has 0 spiro atoms. The van der Waals surface area contributed by atoms with Crippen molar-refractivity contribution in [3.8, 4) is 5.75 Å². The maximum Gasteiger partial charge on any atom is 0.262 e. The molecule has 4 nitrogen and oxygen atoms in total. The lowest BCUT2D eigenvalue weighted by molar-refractivity contribution is -0.118. The number of fused-ring (bicyclic) bond motifs is 1. The summed E-state index contributed by atoms with van der Waals surface area (Å²) >= 11 is 0. The number of anilines is 1. The molecule has 1 aliphatic rings. The maximum atomic E-state index is 11.2. The van der Waals surface area contributed by atoms with Gasteiger partial charge in [-0.05, 0) is 25.0 Å². The van der Waals surface area contributed by atoms with Crippen molar-refractivity contribution >= 4 is 11.6 Å². The van der Waals surface area contributed by atoms with Crippen molar-refractivity contribution in [2.45, 2.75) is 19.4 Å². The monoisotopic (exact) mass is 206 g/mol. The van der Waals surface area contributed by atoms with Crippen LogP contribution in [0, 0.1) is 0 Å². The first kappa shape index (κ1) is 9.98. The predicted molar refractivity (Wildman–Crippen MR) is 57.9 cm³/mol. The normalized spacial score (nSPS) is 16.3. The fraction of sp³-hybridized carbons (Fsp3) is 0.364. The number of amides is 1. The molecule has 0 aliphatic carbocycles. The van der Waals surface area contributed by atoms with Gasteiger partial charge in [-0.15, -0.1) is 0 Å². The average molecular weight is 206 g/mol. The van der Waals surface area contributed by atoms with Crippen LogP contribution in [0.1, 0.15) is 12.5 Å². The van der Waals surface area contributed by atoms with Gasteiger partial charge in [0, 0.05) is 6.04 Å². The van der Waals surface area contributed by atoms with Crippen molar-refractivity contribution < 1.29 is 9.53 Å². The van der Waals surface area contributed by atoms with Crippen molar-refractivity contribution in [1.82, 2.24) is 0 Å². The molecular formula is C11H14N2O2. The van der Waals surface area contributed by atoms with Crippen molar-refractivity contribution in [2.75, 3.05) is 11.9 Å². The Hall–Kier alpha value is -1.55. The Morgan fingerprint density at radius 3 is 3.13 bits per heavy atom. The van der Waals surface area contributed by atoms with E-state index >= 15 is 0 Å². The van der Waals surface area contributed by atoms with Gasteiger partial charge in [0.05, 0.1) is 5.69 Å². The van der Waals surface area contributed by atoms with Gasteiger partial charge in [0.1, 0.15) is 5.75 Å². The third kappa shape index (κ3) is 2.10. The van der Waals surface area contributed by atoms with Crippen LogP contribution in [0.15, 0.2) is 18.2 Å². The van der Waals surface area contributed by atoms with Crippen LogP contribution in [0.2, 0.25) is 0 Å². The summed E-state index contributed by atoms with van der Waals surface area (Å²) in [4.78, 5) is 11.2. The van der Waals surface area contributed by atoms with E-state index in [-0.39, 0.29) is 18.6 Å². The Balaban J connectivity index is 2.35. The van der Waals surface area contributed by atoms with Crippen LogP contribution in [-0.4, -0.2) is 18.6 Å². The van der Waals surface area contributed by atoms with Gasteiger partial charge < -0.3 is 15.8 Å². The molecule has 0 aromatic heterocycles. The zero-order valence-corrected chi connectivity index (χ0v) is 8.62. The van der Waals surface area contributed by atoms with Gasteiger partial charge in [0.15, 0.2) is 6.61 Å². The molecule has 1 aromatic carbocycles. The zero-order chi connectivity index (χ0) is 10.8. The molecule has 1 unspecified atom stereocenters. The van der Waals surface area contributed by atoms with E-state index < -0.39 is 0 Å². The summed E-state index contributed by atoms with van der Waals surface area (Å²) in [7, 11) is 0. The quantitative estimate of drug-likeness (QED) is 0.755. The highest BCUT2D eigenvalue weighted by atomic mass is 16.5. The van der Waals surface area contributed by atoms with Gasteiger partial charge in [0.2, 0.25) is 0 Å². The Bertz CT molecular complexity index is 388. The Morgan fingerprint density at radius 1 is 1.60 bits per heavy atom. The fourth-order valence-corrected chi connectivity index (χ4v) is 1.67. The topological polar surface area (TPSA) is 64.3 Å². The van der Waals surface area contributed by atoms with Gasteiger partial charge >= 0.3 is 0 Å². The standard InChI is InChI=1S/C11H14N2O2/c1-7(12)5-8-3-2-4-9-11(8)13-10(14)6-15-9/h2-4,7H,5-6,12H2,1H3,(H,13,14). The first-order valence-electron chi connectivity index (χ1n) is 4.97. The first-order valence-corrected chi connectivity index (χ1v) is 4.97. The van der Waals surface area contributed by atoms with Crippen LogP contribution in [0.25, 0.3) is 0 Å². The number of nitrogens with one attached hydrogen (secondary N) is 1. The second-order valence-electron chi connectivity index (χ2n) is 3.81. The molecule has 0 bridgehead atoms. The molecule has 0 saturated heterocycles. The number of nitrogens with two attached hydrogens (primary N) is 1. The average Bonchev–Trinajstić information content (AvgIpc) is 2.18. The molecule has 1 aromatic rings. The summed E-state index contributed by atoms with van der Waals surface area (Å²) in [5.74, 6) is 0.618. The molecular weight excluding hydrogens is 192 g/mol. The van der Waals surface area contributed by atoms with E-state index in [1.165, 1.54) is 0 Å². The number of ether oxygens (including phenoxy) is 1. The zero-order valence-electron chi connectivity index (χ0n) is 8.62. The van der Waals surface area contributed by atoms with Gasteiger partial charge in [-0.3, -0.25) is 4.79 Å². The highest BCUT2D eigenvalue weighted by Gasteiger charge is 2.18. The molecule has 0 fully saturated rings. The van der Waals surface area contributed by atoms with E-state index in [1.54, 1.807) is 0 Å². The summed E-state index contributed by atoms with van der Waals surface area (Å²) < 4.78 is 5.31. The van der Waals surface area contributed by atoms with Crippen molar-refractivity contribution in [3.05, 3.63) is 23.8 Å². The van der Waals surface area contributed by atoms with E-state index in [9.17, 15) is 4.79 Å². The molecule has 80 valence electrons. The Morgan fingerprint density at radius 2 is 2.40 bits per heavy atom. The van der Waals surface area contributed by atoms with Crippen LogP contribution in [0.5, 0.6) is 5.75 Å². The lowest BCUT2D eigenvalue weighted by Crippen LogP contribution is -2.27. The summed E-state index contributed by atoms with van der Waals surface area (Å²) in [5.41, 5.74) is 7.53. The predicted octanol–water partition coefficient (Wildman–Crippen LogP) is 0.907. The van der Waals surface area contributed by atoms with Gasteiger partial charge in [-0.25, -0.2) is 0 Å². The van der Waals surface area contributed by atoms with Gasteiger partial charge in [0.25, 0.3) is 5.91 Å². The molecule has 1 atom stereocenters.